The summed E-state index contributed by atoms with van der Waals surface area (Å²) in [6.45, 7) is 7.72. The lowest BCUT2D eigenvalue weighted by Gasteiger charge is -2.30. The summed E-state index contributed by atoms with van der Waals surface area (Å²) in [4.78, 5) is 13.0. The van der Waals surface area contributed by atoms with Crippen molar-refractivity contribution in [2.75, 3.05) is 15.9 Å². The number of hydrogen-bond donors (Lipinski definition) is 1. The summed E-state index contributed by atoms with van der Waals surface area (Å²) in [5.41, 5.74) is 4.29. The number of aryl methyl sites for hydroxylation is 3. The van der Waals surface area contributed by atoms with Crippen LogP contribution in [0.3, 0.4) is 0 Å². The maximum Gasteiger partial charge on any atom is 0.248 e. The van der Waals surface area contributed by atoms with Crippen LogP contribution in [-0.4, -0.2) is 26.6 Å². The first-order valence-corrected chi connectivity index (χ1v) is 11.0. The van der Waals surface area contributed by atoms with Crippen LogP contribution in [0.4, 0.5) is 11.4 Å². The Morgan fingerprint density at radius 2 is 1.74 bits per heavy atom. The van der Waals surface area contributed by atoms with Gasteiger partial charge in [0.2, 0.25) is 15.9 Å². The van der Waals surface area contributed by atoms with Gasteiger partial charge in [0.15, 0.2) is 0 Å². The van der Waals surface area contributed by atoms with Crippen molar-refractivity contribution in [1.29, 1.82) is 0 Å². The molecule has 0 spiro atoms. The normalized spacial score (nSPS) is 12.5. The van der Waals surface area contributed by atoms with E-state index in [-0.39, 0.29) is 5.91 Å². The van der Waals surface area contributed by atoms with E-state index in [1.807, 2.05) is 64.1 Å². The Balaban J connectivity index is 2.43. The lowest BCUT2D eigenvalue weighted by molar-refractivity contribution is -0.117. The number of nitrogens with zero attached hydrogens (tertiary/aromatic N) is 1. The third-order valence-electron chi connectivity index (χ3n) is 4.73. The Hall–Kier alpha value is -2.34. The van der Waals surface area contributed by atoms with Gasteiger partial charge in [0.05, 0.1) is 11.9 Å². The van der Waals surface area contributed by atoms with Gasteiger partial charge in [-0.25, -0.2) is 8.42 Å². The number of benzene rings is 2. The van der Waals surface area contributed by atoms with Gasteiger partial charge in [-0.1, -0.05) is 38.1 Å². The SMILES string of the molecule is CCc1ccccc1NC(=O)[C@H](CC)N(c1ccc(C)c(C)c1)S(C)(=O)=O. The minimum Gasteiger partial charge on any atom is -0.324 e. The molecule has 6 heteroatoms. The van der Waals surface area contributed by atoms with Crippen LogP contribution in [0.25, 0.3) is 0 Å². The molecule has 0 fully saturated rings. The highest BCUT2D eigenvalue weighted by atomic mass is 32.2. The number of amides is 1. The quantitative estimate of drug-likeness (QED) is 0.778. The van der Waals surface area contributed by atoms with E-state index in [0.717, 1.165) is 35.1 Å². The highest BCUT2D eigenvalue weighted by Gasteiger charge is 2.31. The van der Waals surface area contributed by atoms with Crippen LogP contribution in [0.1, 0.15) is 37.0 Å². The van der Waals surface area contributed by atoms with Gasteiger partial charge in [-0.05, 0) is 61.6 Å². The lowest BCUT2D eigenvalue weighted by Crippen LogP contribution is -2.47. The summed E-state index contributed by atoms with van der Waals surface area (Å²) in [6, 6.07) is 12.2. The van der Waals surface area contributed by atoms with Crippen LogP contribution in [0, 0.1) is 13.8 Å². The van der Waals surface area contributed by atoms with Crippen LogP contribution < -0.4 is 9.62 Å². The predicted molar refractivity (Wildman–Crippen MR) is 112 cm³/mol. The first-order valence-electron chi connectivity index (χ1n) is 9.14. The molecule has 2 aromatic carbocycles. The molecule has 2 rings (SSSR count). The molecule has 0 unspecified atom stereocenters. The largest absolute Gasteiger partial charge is 0.324 e. The van der Waals surface area contributed by atoms with Gasteiger partial charge >= 0.3 is 0 Å². The molecule has 0 aliphatic rings. The second-order valence-corrected chi connectivity index (χ2v) is 8.61. The molecule has 1 atom stereocenters. The summed E-state index contributed by atoms with van der Waals surface area (Å²) in [5, 5.41) is 2.92. The monoisotopic (exact) mass is 388 g/mol. The van der Waals surface area contributed by atoms with Gasteiger partial charge in [0.1, 0.15) is 6.04 Å². The molecule has 0 aliphatic heterocycles. The van der Waals surface area contributed by atoms with Gasteiger partial charge in [0.25, 0.3) is 0 Å². The summed E-state index contributed by atoms with van der Waals surface area (Å²) in [6.07, 6.45) is 2.28. The smallest absolute Gasteiger partial charge is 0.248 e. The van der Waals surface area contributed by atoms with E-state index in [1.54, 1.807) is 6.07 Å². The predicted octanol–water partition coefficient (Wildman–Crippen LogP) is 4.05. The summed E-state index contributed by atoms with van der Waals surface area (Å²) < 4.78 is 26.3. The van der Waals surface area contributed by atoms with E-state index in [2.05, 4.69) is 5.32 Å². The Kier molecular flexibility index (Phi) is 6.65. The molecule has 0 aliphatic carbocycles. The van der Waals surface area contributed by atoms with E-state index < -0.39 is 16.1 Å². The number of nitrogens with one attached hydrogen (secondary N) is 1. The lowest BCUT2D eigenvalue weighted by atomic mass is 10.1. The minimum absolute atomic E-state index is 0.331. The van der Waals surface area contributed by atoms with Crippen LogP contribution in [0.15, 0.2) is 42.5 Å². The van der Waals surface area contributed by atoms with Crippen molar-refractivity contribution in [3.8, 4) is 0 Å². The highest BCUT2D eigenvalue weighted by molar-refractivity contribution is 7.92. The number of para-hydroxylation sites is 1. The van der Waals surface area contributed by atoms with E-state index >= 15 is 0 Å². The molecule has 27 heavy (non-hydrogen) atoms. The number of rotatable bonds is 7. The molecule has 0 radical (unpaired) electrons. The molecule has 5 nitrogen and oxygen atoms in total. The standard InChI is InChI=1S/C21H28N2O3S/c1-6-17-10-8-9-11-19(17)22-21(24)20(7-2)23(27(5,25)26)18-13-12-15(3)16(4)14-18/h8-14,20H,6-7H2,1-5H3,(H,22,24)/t20-/m0/s1. The molecular formula is C21H28N2O3S. The van der Waals surface area contributed by atoms with Crippen LogP contribution in [0.2, 0.25) is 0 Å². The number of anilines is 2. The highest BCUT2D eigenvalue weighted by Crippen LogP contribution is 2.26. The molecule has 2 aromatic rings. The molecule has 0 heterocycles. The Morgan fingerprint density at radius 1 is 1.07 bits per heavy atom. The molecular weight excluding hydrogens is 360 g/mol. The molecule has 1 amide bonds. The molecule has 1 N–H and O–H groups in total. The van der Waals surface area contributed by atoms with Crippen molar-refractivity contribution in [2.24, 2.45) is 0 Å². The first-order chi connectivity index (χ1) is 12.7. The minimum atomic E-state index is -3.64. The van der Waals surface area contributed by atoms with E-state index in [0.29, 0.717) is 12.1 Å². The van der Waals surface area contributed by atoms with Crippen molar-refractivity contribution < 1.29 is 13.2 Å². The zero-order valence-electron chi connectivity index (χ0n) is 16.6. The average molecular weight is 389 g/mol. The zero-order chi connectivity index (χ0) is 20.2. The molecule has 0 bridgehead atoms. The van der Waals surface area contributed by atoms with Crippen LogP contribution in [0.5, 0.6) is 0 Å². The third-order valence-corrected chi connectivity index (χ3v) is 5.91. The third kappa shape index (κ3) is 4.89. The topological polar surface area (TPSA) is 66.5 Å². The van der Waals surface area contributed by atoms with Gasteiger partial charge in [-0.15, -0.1) is 0 Å². The number of sulfonamides is 1. The molecule has 146 valence electrons. The molecule has 0 saturated carbocycles. The Labute approximate surface area is 162 Å². The van der Waals surface area contributed by atoms with Gasteiger partial charge < -0.3 is 5.32 Å². The Morgan fingerprint density at radius 3 is 2.30 bits per heavy atom. The van der Waals surface area contributed by atoms with Crippen molar-refractivity contribution in [3.63, 3.8) is 0 Å². The fourth-order valence-corrected chi connectivity index (χ4v) is 4.29. The molecule has 0 aromatic heterocycles. The van der Waals surface area contributed by atoms with Crippen molar-refractivity contribution >= 4 is 27.3 Å². The average Bonchev–Trinajstić information content (AvgIpc) is 2.61. The van der Waals surface area contributed by atoms with Crippen LogP contribution >= 0.6 is 0 Å². The maximum absolute atomic E-state index is 13.0. The second-order valence-electron chi connectivity index (χ2n) is 6.75. The summed E-state index contributed by atoms with van der Waals surface area (Å²) >= 11 is 0. The second kappa shape index (κ2) is 8.57. The summed E-state index contributed by atoms with van der Waals surface area (Å²) in [7, 11) is -3.64. The van der Waals surface area contributed by atoms with Crippen LogP contribution in [-0.2, 0) is 21.2 Å². The zero-order valence-corrected chi connectivity index (χ0v) is 17.4. The number of hydrogen-bond acceptors (Lipinski definition) is 3. The van der Waals surface area contributed by atoms with Crippen molar-refractivity contribution in [1.82, 2.24) is 0 Å². The fourth-order valence-electron chi connectivity index (χ4n) is 3.09. The van der Waals surface area contributed by atoms with Gasteiger partial charge in [-0.2, -0.15) is 0 Å². The van der Waals surface area contributed by atoms with Crippen molar-refractivity contribution in [3.05, 3.63) is 59.2 Å². The van der Waals surface area contributed by atoms with E-state index in [1.165, 1.54) is 4.31 Å². The summed E-state index contributed by atoms with van der Waals surface area (Å²) in [5.74, 6) is -0.331. The fraction of sp³-hybridized carbons (Fsp3) is 0.381. The first kappa shape index (κ1) is 21.0. The van der Waals surface area contributed by atoms with Gasteiger partial charge in [-0.3, -0.25) is 9.10 Å². The van der Waals surface area contributed by atoms with E-state index in [9.17, 15) is 13.2 Å². The van der Waals surface area contributed by atoms with Crippen molar-refractivity contribution in [2.45, 2.75) is 46.6 Å². The number of carbonyl (C=O) groups excluding carboxylic acids is 1. The molecule has 0 saturated heterocycles. The maximum atomic E-state index is 13.0. The van der Waals surface area contributed by atoms with E-state index in [4.69, 9.17) is 0 Å². The number of carbonyl (C=O) groups is 1. The van der Waals surface area contributed by atoms with Gasteiger partial charge in [0, 0.05) is 5.69 Å². The Bertz CT molecular complexity index is 923.